The molecule has 2 atom stereocenters. The second-order valence-corrected chi connectivity index (χ2v) is 6.49. The van der Waals surface area contributed by atoms with Crippen molar-refractivity contribution >= 4 is 6.09 Å². The Morgan fingerprint density at radius 3 is 2.92 bits per heavy atom. The SMILES string of the molecule is O=C(O)N1CCC2(CC(c3ccccn3)CN(CC(F)F)C2)OC1. The van der Waals surface area contributed by atoms with E-state index >= 15 is 0 Å². The fourth-order valence-corrected chi connectivity index (χ4v) is 3.64. The Morgan fingerprint density at radius 2 is 2.33 bits per heavy atom. The first kappa shape index (κ1) is 17.0. The molecule has 2 saturated heterocycles. The van der Waals surface area contributed by atoms with Gasteiger partial charge in [0.15, 0.2) is 0 Å². The highest BCUT2D eigenvalue weighted by Crippen LogP contribution is 2.38. The number of carboxylic acid groups (broad SMARTS) is 1. The van der Waals surface area contributed by atoms with Crippen molar-refractivity contribution in [3.05, 3.63) is 30.1 Å². The van der Waals surface area contributed by atoms with Gasteiger partial charge in [0, 0.05) is 37.4 Å². The number of rotatable bonds is 3. The van der Waals surface area contributed by atoms with Crippen LogP contribution in [0.3, 0.4) is 0 Å². The van der Waals surface area contributed by atoms with Crippen LogP contribution in [-0.4, -0.2) is 70.9 Å². The average molecular weight is 341 g/mol. The molecule has 1 spiro atoms. The van der Waals surface area contributed by atoms with Gasteiger partial charge in [0.05, 0.1) is 12.1 Å². The number of piperidine rings is 1. The van der Waals surface area contributed by atoms with Crippen molar-refractivity contribution in [2.45, 2.75) is 30.8 Å². The van der Waals surface area contributed by atoms with Gasteiger partial charge in [-0.15, -0.1) is 0 Å². The fourth-order valence-electron chi connectivity index (χ4n) is 3.64. The first-order valence-electron chi connectivity index (χ1n) is 8.01. The number of carbonyl (C=O) groups is 1. The third-order valence-corrected chi connectivity index (χ3v) is 4.75. The van der Waals surface area contributed by atoms with E-state index < -0.39 is 18.1 Å². The molecule has 24 heavy (non-hydrogen) atoms. The highest BCUT2D eigenvalue weighted by atomic mass is 19.3. The van der Waals surface area contributed by atoms with Gasteiger partial charge < -0.3 is 9.84 Å². The Bertz CT molecular complexity index is 565. The van der Waals surface area contributed by atoms with E-state index in [1.165, 1.54) is 4.90 Å². The summed E-state index contributed by atoms with van der Waals surface area (Å²) in [6.45, 7) is 0.930. The van der Waals surface area contributed by atoms with Gasteiger partial charge in [-0.05, 0) is 25.0 Å². The van der Waals surface area contributed by atoms with Crippen LogP contribution in [0.5, 0.6) is 0 Å². The van der Waals surface area contributed by atoms with Crippen LogP contribution in [0.2, 0.25) is 0 Å². The van der Waals surface area contributed by atoms with Crippen molar-refractivity contribution in [2.75, 3.05) is 32.9 Å². The van der Waals surface area contributed by atoms with Crippen LogP contribution in [0.25, 0.3) is 0 Å². The van der Waals surface area contributed by atoms with Crippen molar-refractivity contribution in [2.24, 2.45) is 0 Å². The number of amides is 1. The lowest BCUT2D eigenvalue weighted by Crippen LogP contribution is -2.58. The standard InChI is InChI=1S/C16H21F2N3O3/c17-14(18)9-20-8-12(13-3-1-2-5-19-13)7-16(10-20)4-6-21(11-24-16)15(22)23/h1-3,5,12,14H,4,6-11H2,(H,22,23). The molecule has 8 heteroatoms. The van der Waals surface area contributed by atoms with Gasteiger partial charge in [0.2, 0.25) is 0 Å². The third kappa shape index (κ3) is 3.81. The number of hydrogen-bond acceptors (Lipinski definition) is 4. The van der Waals surface area contributed by atoms with E-state index in [0.29, 0.717) is 32.5 Å². The molecule has 0 saturated carbocycles. The van der Waals surface area contributed by atoms with Crippen molar-refractivity contribution in [1.29, 1.82) is 0 Å². The summed E-state index contributed by atoms with van der Waals surface area (Å²) in [5.41, 5.74) is 0.265. The largest absolute Gasteiger partial charge is 0.465 e. The number of hydrogen-bond donors (Lipinski definition) is 1. The van der Waals surface area contributed by atoms with Gasteiger partial charge in [-0.1, -0.05) is 6.07 Å². The zero-order valence-corrected chi connectivity index (χ0v) is 13.3. The number of likely N-dealkylation sites (tertiary alicyclic amines) is 1. The summed E-state index contributed by atoms with van der Waals surface area (Å²) < 4.78 is 31.7. The van der Waals surface area contributed by atoms with Gasteiger partial charge in [-0.2, -0.15) is 0 Å². The average Bonchev–Trinajstić information content (AvgIpc) is 2.55. The molecule has 0 radical (unpaired) electrons. The molecule has 1 N–H and O–H groups in total. The second kappa shape index (κ2) is 6.98. The van der Waals surface area contributed by atoms with Gasteiger partial charge in [-0.25, -0.2) is 13.6 Å². The number of aromatic nitrogens is 1. The van der Waals surface area contributed by atoms with Crippen LogP contribution in [0, 0.1) is 0 Å². The molecule has 0 aromatic carbocycles. The molecule has 2 aliphatic heterocycles. The fraction of sp³-hybridized carbons (Fsp3) is 0.625. The Balaban J connectivity index is 1.77. The Hall–Kier alpha value is -1.80. The van der Waals surface area contributed by atoms with E-state index in [1.807, 2.05) is 18.2 Å². The Kier molecular flexibility index (Phi) is 4.96. The van der Waals surface area contributed by atoms with Crippen LogP contribution in [0.15, 0.2) is 24.4 Å². The lowest BCUT2D eigenvalue weighted by Gasteiger charge is -2.49. The predicted molar refractivity (Wildman–Crippen MR) is 82.1 cm³/mol. The molecule has 1 amide bonds. The maximum Gasteiger partial charge on any atom is 0.409 e. The molecule has 0 bridgehead atoms. The molecule has 2 fully saturated rings. The molecular weight excluding hydrogens is 320 g/mol. The molecule has 2 unspecified atom stereocenters. The van der Waals surface area contributed by atoms with Crippen LogP contribution in [0.1, 0.15) is 24.5 Å². The van der Waals surface area contributed by atoms with E-state index in [4.69, 9.17) is 9.84 Å². The summed E-state index contributed by atoms with van der Waals surface area (Å²) in [5.74, 6) is -0.00456. The van der Waals surface area contributed by atoms with E-state index in [9.17, 15) is 13.6 Å². The zero-order chi connectivity index (χ0) is 17.2. The molecule has 3 heterocycles. The zero-order valence-electron chi connectivity index (χ0n) is 13.3. The number of halogens is 2. The number of pyridine rings is 1. The summed E-state index contributed by atoms with van der Waals surface area (Å²) in [5, 5.41) is 9.05. The Morgan fingerprint density at radius 1 is 1.50 bits per heavy atom. The van der Waals surface area contributed by atoms with Gasteiger partial charge in [0.25, 0.3) is 6.43 Å². The van der Waals surface area contributed by atoms with E-state index in [2.05, 4.69) is 4.98 Å². The summed E-state index contributed by atoms with van der Waals surface area (Å²) in [6, 6.07) is 5.60. The highest BCUT2D eigenvalue weighted by molar-refractivity contribution is 5.64. The summed E-state index contributed by atoms with van der Waals surface area (Å²) in [4.78, 5) is 18.3. The van der Waals surface area contributed by atoms with Crippen LogP contribution in [-0.2, 0) is 4.74 Å². The maximum absolute atomic E-state index is 12.9. The predicted octanol–water partition coefficient (Wildman–Crippen LogP) is 2.23. The van der Waals surface area contributed by atoms with Crippen LogP contribution in [0.4, 0.5) is 13.6 Å². The Labute approximate surface area is 139 Å². The van der Waals surface area contributed by atoms with Crippen LogP contribution >= 0.6 is 0 Å². The van der Waals surface area contributed by atoms with Crippen molar-refractivity contribution in [3.8, 4) is 0 Å². The number of nitrogens with zero attached hydrogens (tertiary/aromatic N) is 3. The van der Waals surface area contributed by atoms with Crippen LogP contribution < -0.4 is 0 Å². The molecule has 132 valence electrons. The summed E-state index contributed by atoms with van der Waals surface area (Å²) in [6.07, 6.45) is -0.573. The minimum absolute atomic E-state index is 0.00456. The molecule has 0 aliphatic carbocycles. The molecular formula is C16H21F2N3O3. The summed E-state index contributed by atoms with van der Waals surface area (Å²) >= 11 is 0. The molecule has 2 aliphatic rings. The first-order valence-corrected chi connectivity index (χ1v) is 8.01. The molecule has 1 aromatic rings. The normalized spacial score (nSPS) is 28.5. The van der Waals surface area contributed by atoms with Crippen molar-refractivity contribution in [3.63, 3.8) is 0 Å². The smallest absolute Gasteiger partial charge is 0.409 e. The lowest BCUT2D eigenvalue weighted by molar-refractivity contribution is -0.161. The van der Waals surface area contributed by atoms with Gasteiger partial charge in [0.1, 0.15) is 6.73 Å². The second-order valence-electron chi connectivity index (χ2n) is 6.49. The van der Waals surface area contributed by atoms with E-state index in [1.54, 1.807) is 11.1 Å². The van der Waals surface area contributed by atoms with E-state index in [-0.39, 0.29) is 19.2 Å². The number of alkyl halides is 2. The third-order valence-electron chi connectivity index (χ3n) is 4.75. The van der Waals surface area contributed by atoms with Crippen molar-refractivity contribution in [1.82, 2.24) is 14.8 Å². The minimum Gasteiger partial charge on any atom is -0.465 e. The monoisotopic (exact) mass is 341 g/mol. The summed E-state index contributed by atoms with van der Waals surface area (Å²) in [7, 11) is 0. The van der Waals surface area contributed by atoms with Crippen molar-refractivity contribution < 1.29 is 23.4 Å². The molecule has 3 rings (SSSR count). The molecule has 1 aromatic heterocycles. The maximum atomic E-state index is 12.9. The molecule has 6 nitrogen and oxygen atoms in total. The first-order chi connectivity index (χ1) is 11.5. The minimum atomic E-state index is -2.41. The number of ether oxygens (including phenoxy) is 1. The van der Waals surface area contributed by atoms with Gasteiger partial charge in [-0.3, -0.25) is 14.8 Å². The van der Waals surface area contributed by atoms with E-state index in [0.717, 1.165) is 5.69 Å². The lowest BCUT2D eigenvalue weighted by atomic mass is 9.80. The quantitative estimate of drug-likeness (QED) is 0.913. The highest BCUT2D eigenvalue weighted by Gasteiger charge is 2.44. The van der Waals surface area contributed by atoms with Gasteiger partial charge >= 0.3 is 6.09 Å². The topological polar surface area (TPSA) is 65.9 Å².